The molecule has 1 atom stereocenters. The van der Waals surface area contributed by atoms with Gasteiger partial charge < -0.3 is 9.88 Å². The summed E-state index contributed by atoms with van der Waals surface area (Å²) in [5, 5.41) is 11.0. The molecule has 1 aromatic heterocycles. The lowest BCUT2D eigenvalue weighted by atomic mass is 10.2. The molecule has 5 heteroatoms. The second-order valence-electron chi connectivity index (χ2n) is 3.94. The molecule has 0 spiro atoms. The Morgan fingerprint density at radius 2 is 2.27 bits per heavy atom. The summed E-state index contributed by atoms with van der Waals surface area (Å²) < 4.78 is 2.15. The van der Waals surface area contributed by atoms with Crippen molar-refractivity contribution in [3.63, 3.8) is 0 Å². The minimum Gasteiger partial charge on any atom is -0.349 e. The first-order valence-electron chi connectivity index (χ1n) is 5.44. The van der Waals surface area contributed by atoms with Gasteiger partial charge in [-0.15, -0.1) is 10.2 Å². The van der Waals surface area contributed by atoms with Crippen LogP contribution in [-0.2, 0) is 17.8 Å². The lowest BCUT2D eigenvalue weighted by Gasteiger charge is -2.12. The van der Waals surface area contributed by atoms with Gasteiger partial charge in [0.2, 0.25) is 6.41 Å². The standard InChI is InChI=1S/C10H16N4O/c1-8(11-7-15)10-13-12-9-5-3-2-4-6-14(9)10/h7-8H,2-6H2,1H3,(H,11,15). The van der Waals surface area contributed by atoms with E-state index in [1.165, 1.54) is 19.3 Å². The summed E-state index contributed by atoms with van der Waals surface area (Å²) in [5.41, 5.74) is 0. The van der Waals surface area contributed by atoms with Crippen LogP contribution in [-0.4, -0.2) is 21.2 Å². The SMILES string of the molecule is CC(NC=O)c1nnc2n1CCCCC2. The van der Waals surface area contributed by atoms with Crippen molar-refractivity contribution in [2.45, 2.75) is 45.2 Å². The van der Waals surface area contributed by atoms with Gasteiger partial charge in [-0.2, -0.15) is 0 Å². The van der Waals surface area contributed by atoms with E-state index in [-0.39, 0.29) is 6.04 Å². The van der Waals surface area contributed by atoms with Gasteiger partial charge in [-0.3, -0.25) is 4.79 Å². The van der Waals surface area contributed by atoms with Crippen LogP contribution in [0.1, 0.15) is 43.9 Å². The molecule has 5 nitrogen and oxygen atoms in total. The van der Waals surface area contributed by atoms with E-state index >= 15 is 0 Å². The predicted octanol–water partition coefficient (Wildman–Crippen LogP) is 0.811. The molecule has 0 bridgehead atoms. The van der Waals surface area contributed by atoms with Crippen molar-refractivity contribution in [2.24, 2.45) is 0 Å². The van der Waals surface area contributed by atoms with Crippen LogP contribution in [0, 0.1) is 0 Å². The summed E-state index contributed by atoms with van der Waals surface area (Å²) in [6.45, 7) is 2.90. The molecular weight excluding hydrogens is 192 g/mol. The van der Waals surface area contributed by atoms with Crippen molar-refractivity contribution in [2.75, 3.05) is 0 Å². The summed E-state index contributed by atoms with van der Waals surface area (Å²) in [4.78, 5) is 10.4. The topological polar surface area (TPSA) is 59.8 Å². The number of aromatic nitrogens is 3. The minimum atomic E-state index is -0.0538. The Kier molecular flexibility index (Phi) is 2.99. The van der Waals surface area contributed by atoms with Crippen molar-refractivity contribution in [1.29, 1.82) is 0 Å². The molecule has 0 fully saturated rings. The summed E-state index contributed by atoms with van der Waals surface area (Å²) in [6, 6.07) is -0.0538. The van der Waals surface area contributed by atoms with Crippen molar-refractivity contribution >= 4 is 6.41 Å². The Bertz CT molecular complexity index is 347. The first kappa shape index (κ1) is 10.1. The summed E-state index contributed by atoms with van der Waals surface area (Å²) in [6.07, 6.45) is 5.32. The van der Waals surface area contributed by atoms with E-state index < -0.39 is 0 Å². The number of aryl methyl sites for hydroxylation is 1. The Morgan fingerprint density at radius 3 is 3.07 bits per heavy atom. The fraction of sp³-hybridized carbons (Fsp3) is 0.700. The van der Waals surface area contributed by atoms with Crippen molar-refractivity contribution < 1.29 is 4.79 Å². The number of carbonyl (C=O) groups is 1. The average Bonchev–Trinajstić information content (AvgIpc) is 2.48. The van der Waals surface area contributed by atoms with E-state index in [4.69, 9.17) is 0 Å². The number of hydrogen-bond donors (Lipinski definition) is 1. The molecule has 1 aromatic rings. The van der Waals surface area contributed by atoms with Gasteiger partial charge in [-0.25, -0.2) is 0 Å². The largest absolute Gasteiger partial charge is 0.349 e. The van der Waals surface area contributed by atoms with Crippen molar-refractivity contribution in [1.82, 2.24) is 20.1 Å². The van der Waals surface area contributed by atoms with Crippen LogP contribution in [0.5, 0.6) is 0 Å². The first-order chi connectivity index (χ1) is 7.33. The Hall–Kier alpha value is -1.39. The molecule has 0 saturated carbocycles. The number of nitrogens with one attached hydrogen (secondary N) is 1. The summed E-state index contributed by atoms with van der Waals surface area (Å²) in [5.74, 6) is 1.93. The smallest absolute Gasteiger partial charge is 0.207 e. The van der Waals surface area contributed by atoms with Crippen LogP contribution >= 0.6 is 0 Å². The van der Waals surface area contributed by atoms with Crippen LogP contribution < -0.4 is 5.32 Å². The Labute approximate surface area is 88.9 Å². The maximum atomic E-state index is 10.4. The van der Waals surface area contributed by atoms with Gasteiger partial charge in [0, 0.05) is 13.0 Å². The lowest BCUT2D eigenvalue weighted by molar-refractivity contribution is -0.110. The number of amides is 1. The minimum absolute atomic E-state index is 0.0538. The molecule has 2 heterocycles. The van der Waals surface area contributed by atoms with Crippen LogP contribution in [0.15, 0.2) is 0 Å². The van der Waals surface area contributed by atoms with Gasteiger partial charge in [0.25, 0.3) is 0 Å². The fourth-order valence-electron chi connectivity index (χ4n) is 2.00. The number of nitrogens with zero attached hydrogens (tertiary/aromatic N) is 3. The molecule has 0 aromatic carbocycles. The van der Waals surface area contributed by atoms with Crippen LogP contribution in [0.25, 0.3) is 0 Å². The normalized spacial score (nSPS) is 17.7. The third kappa shape index (κ3) is 2.00. The molecule has 1 unspecified atom stereocenters. The summed E-state index contributed by atoms with van der Waals surface area (Å²) >= 11 is 0. The van der Waals surface area contributed by atoms with Gasteiger partial charge in [-0.1, -0.05) is 6.42 Å². The van der Waals surface area contributed by atoms with Crippen molar-refractivity contribution in [3.8, 4) is 0 Å². The third-order valence-corrected chi connectivity index (χ3v) is 2.84. The highest BCUT2D eigenvalue weighted by molar-refractivity contribution is 5.46. The second kappa shape index (κ2) is 4.42. The Balaban J connectivity index is 2.24. The quantitative estimate of drug-likeness (QED) is 0.748. The number of rotatable bonds is 3. The monoisotopic (exact) mass is 208 g/mol. The molecule has 15 heavy (non-hydrogen) atoms. The molecular formula is C10H16N4O. The van der Waals surface area contributed by atoms with Gasteiger partial charge in [0.05, 0.1) is 6.04 Å². The van der Waals surface area contributed by atoms with E-state index in [1.807, 2.05) is 6.92 Å². The lowest BCUT2D eigenvalue weighted by Crippen LogP contribution is -2.21. The average molecular weight is 208 g/mol. The predicted molar refractivity (Wildman–Crippen MR) is 55.2 cm³/mol. The van der Waals surface area contributed by atoms with E-state index in [9.17, 15) is 4.79 Å². The zero-order chi connectivity index (χ0) is 10.7. The first-order valence-corrected chi connectivity index (χ1v) is 5.44. The molecule has 1 N–H and O–H groups in total. The zero-order valence-corrected chi connectivity index (χ0v) is 8.94. The molecule has 1 amide bonds. The van der Waals surface area contributed by atoms with E-state index in [0.717, 1.165) is 24.6 Å². The zero-order valence-electron chi connectivity index (χ0n) is 8.94. The highest BCUT2D eigenvalue weighted by atomic mass is 16.1. The number of hydrogen-bond acceptors (Lipinski definition) is 3. The van der Waals surface area contributed by atoms with E-state index in [2.05, 4.69) is 20.1 Å². The Morgan fingerprint density at radius 1 is 1.40 bits per heavy atom. The molecule has 1 aliphatic rings. The van der Waals surface area contributed by atoms with Gasteiger partial charge in [-0.05, 0) is 19.8 Å². The number of fused-ring (bicyclic) bond motifs is 1. The fourth-order valence-corrected chi connectivity index (χ4v) is 2.00. The van der Waals surface area contributed by atoms with Crippen LogP contribution in [0.4, 0.5) is 0 Å². The molecule has 0 radical (unpaired) electrons. The van der Waals surface area contributed by atoms with Gasteiger partial charge in [0.1, 0.15) is 5.82 Å². The van der Waals surface area contributed by atoms with Crippen molar-refractivity contribution in [3.05, 3.63) is 11.6 Å². The molecule has 2 rings (SSSR count). The molecule has 1 aliphatic heterocycles. The highest BCUT2D eigenvalue weighted by Gasteiger charge is 2.18. The number of carbonyl (C=O) groups excluding carboxylic acids is 1. The molecule has 82 valence electrons. The maximum Gasteiger partial charge on any atom is 0.207 e. The second-order valence-corrected chi connectivity index (χ2v) is 3.94. The highest BCUT2D eigenvalue weighted by Crippen LogP contribution is 2.17. The third-order valence-electron chi connectivity index (χ3n) is 2.84. The van der Waals surface area contributed by atoms with Gasteiger partial charge >= 0.3 is 0 Å². The van der Waals surface area contributed by atoms with Crippen LogP contribution in [0.3, 0.4) is 0 Å². The van der Waals surface area contributed by atoms with Crippen LogP contribution in [0.2, 0.25) is 0 Å². The maximum absolute atomic E-state index is 10.4. The summed E-state index contributed by atoms with van der Waals surface area (Å²) in [7, 11) is 0. The van der Waals surface area contributed by atoms with E-state index in [0.29, 0.717) is 6.41 Å². The molecule has 0 saturated heterocycles. The van der Waals surface area contributed by atoms with Gasteiger partial charge in [0.15, 0.2) is 5.82 Å². The molecule has 0 aliphatic carbocycles. The van der Waals surface area contributed by atoms with E-state index in [1.54, 1.807) is 0 Å².